The molecule has 1 amide bonds. The molecule has 188 valence electrons. The van der Waals surface area contributed by atoms with Crippen molar-refractivity contribution in [3.8, 4) is 0 Å². The van der Waals surface area contributed by atoms with Crippen LogP contribution in [0.15, 0.2) is 24.3 Å². The molecule has 0 aliphatic heterocycles. The van der Waals surface area contributed by atoms with E-state index in [2.05, 4.69) is 5.32 Å². The molecule has 0 radical (unpaired) electrons. The molecule has 2 rings (SSSR count). The highest BCUT2D eigenvalue weighted by molar-refractivity contribution is 5.91. The number of esters is 1. The number of nitrogens with one attached hydrogen (secondary N) is 1. The molecule has 1 aromatic carbocycles. The Kier molecular flexibility index (Phi) is 10.9. The first-order chi connectivity index (χ1) is 16.1. The number of ether oxygens (including phenoxy) is 1. The highest BCUT2D eigenvalue weighted by atomic mass is 19.1. The number of hydrogen-bond acceptors (Lipinski definition) is 5. The highest BCUT2D eigenvalue weighted by Crippen LogP contribution is 2.26. The minimum Gasteiger partial charge on any atom is -0.467 e. The van der Waals surface area contributed by atoms with Gasteiger partial charge in [0.05, 0.1) is 7.11 Å². The van der Waals surface area contributed by atoms with Crippen molar-refractivity contribution in [1.29, 1.82) is 0 Å². The van der Waals surface area contributed by atoms with Gasteiger partial charge in [-0.05, 0) is 55.7 Å². The molecule has 6 nitrogen and oxygen atoms in total. The summed E-state index contributed by atoms with van der Waals surface area (Å²) in [5.41, 5.74) is 0.856. The lowest BCUT2D eigenvalue weighted by Crippen LogP contribution is -2.46. The molecule has 4 atom stereocenters. The summed E-state index contributed by atoms with van der Waals surface area (Å²) in [6.07, 6.45) is 4.23. The Morgan fingerprint density at radius 3 is 2.38 bits per heavy atom. The van der Waals surface area contributed by atoms with Crippen LogP contribution in [0.2, 0.25) is 0 Å². The van der Waals surface area contributed by atoms with Gasteiger partial charge in [-0.25, -0.2) is 9.18 Å². The van der Waals surface area contributed by atoms with Crippen LogP contribution in [0.25, 0.3) is 0 Å². The molecule has 0 bridgehead atoms. The fraction of sp³-hybridized carbons (Fsp3) is 0.630. The van der Waals surface area contributed by atoms with Gasteiger partial charge in [-0.1, -0.05) is 39.3 Å². The third-order valence-electron chi connectivity index (χ3n) is 6.58. The minimum atomic E-state index is -0.911. The second kappa shape index (κ2) is 13.4. The van der Waals surface area contributed by atoms with Gasteiger partial charge in [-0.2, -0.15) is 0 Å². The summed E-state index contributed by atoms with van der Waals surface area (Å²) >= 11 is 0. The normalized spacial score (nSPS) is 18.8. The second-order valence-electron chi connectivity index (χ2n) is 9.96. The van der Waals surface area contributed by atoms with Crippen molar-refractivity contribution in [2.45, 2.75) is 78.2 Å². The monoisotopic (exact) mass is 475 g/mol. The van der Waals surface area contributed by atoms with Crippen LogP contribution in [0.5, 0.6) is 0 Å². The topological polar surface area (TPSA) is 89.5 Å². The Labute approximate surface area is 202 Å². The summed E-state index contributed by atoms with van der Waals surface area (Å²) in [5, 5.41) is 2.78. The SMILES string of the molecule is COC(=O)[C@H](C[C@@H]1CCCCC1=O)NC(=O)[C@@H](CC(=O)[C@@H](C)Cc1ccc(F)cc1)CC(C)C. The lowest BCUT2D eigenvalue weighted by atomic mass is 9.83. The van der Waals surface area contributed by atoms with Gasteiger partial charge in [0, 0.05) is 30.6 Å². The maximum absolute atomic E-state index is 13.2. The molecule has 1 fully saturated rings. The Morgan fingerprint density at radius 1 is 1.12 bits per heavy atom. The molecule has 0 spiro atoms. The number of amides is 1. The Balaban J connectivity index is 2.06. The molecule has 0 unspecified atom stereocenters. The third kappa shape index (κ3) is 8.65. The van der Waals surface area contributed by atoms with Crippen LogP contribution in [0.1, 0.15) is 71.3 Å². The van der Waals surface area contributed by atoms with E-state index in [4.69, 9.17) is 4.74 Å². The van der Waals surface area contributed by atoms with Gasteiger partial charge in [-0.3, -0.25) is 14.4 Å². The van der Waals surface area contributed by atoms with Crippen molar-refractivity contribution in [3.05, 3.63) is 35.6 Å². The van der Waals surface area contributed by atoms with E-state index in [0.29, 0.717) is 25.7 Å². The van der Waals surface area contributed by atoms with E-state index in [1.54, 1.807) is 12.1 Å². The fourth-order valence-electron chi connectivity index (χ4n) is 4.62. The smallest absolute Gasteiger partial charge is 0.328 e. The molecule has 0 aromatic heterocycles. The van der Waals surface area contributed by atoms with Gasteiger partial charge in [0.25, 0.3) is 0 Å². The van der Waals surface area contributed by atoms with Gasteiger partial charge < -0.3 is 10.1 Å². The summed E-state index contributed by atoms with van der Waals surface area (Å²) < 4.78 is 18.0. The van der Waals surface area contributed by atoms with Gasteiger partial charge in [0.1, 0.15) is 23.4 Å². The number of ketones is 2. The predicted octanol–water partition coefficient (Wildman–Crippen LogP) is 4.43. The molecule has 1 N–H and O–H groups in total. The lowest BCUT2D eigenvalue weighted by molar-refractivity contribution is -0.146. The molecule has 0 heterocycles. The molecule has 1 aliphatic rings. The van der Waals surface area contributed by atoms with E-state index < -0.39 is 17.9 Å². The number of benzene rings is 1. The average Bonchev–Trinajstić information content (AvgIpc) is 2.80. The van der Waals surface area contributed by atoms with Crippen molar-refractivity contribution >= 4 is 23.4 Å². The highest BCUT2D eigenvalue weighted by Gasteiger charge is 2.33. The fourth-order valence-corrected chi connectivity index (χ4v) is 4.62. The third-order valence-corrected chi connectivity index (χ3v) is 6.58. The van der Waals surface area contributed by atoms with E-state index in [-0.39, 0.29) is 53.9 Å². The summed E-state index contributed by atoms with van der Waals surface area (Å²) in [7, 11) is 1.26. The molecule has 1 saturated carbocycles. The quantitative estimate of drug-likeness (QED) is 0.452. The molecule has 0 saturated heterocycles. The van der Waals surface area contributed by atoms with Crippen molar-refractivity contribution < 1.29 is 28.3 Å². The number of halogens is 1. The molecular formula is C27H38FNO5. The molecule has 1 aromatic rings. The van der Waals surface area contributed by atoms with Crippen LogP contribution in [-0.4, -0.2) is 36.6 Å². The summed E-state index contributed by atoms with van der Waals surface area (Å²) in [5.74, 6) is -2.21. The maximum Gasteiger partial charge on any atom is 0.328 e. The van der Waals surface area contributed by atoms with Gasteiger partial charge >= 0.3 is 5.97 Å². The van der Waals surface area contributed by atoms with Gasteiger partial charge in [0.15, 0.2) is 0 Å². The maximum atomic E-state index is 13.2. The molecule has 34 heavy (non-hydrogen) atoms. The summed E-state index contributed by atoms with van der Waals surface area (Å²) in [6.45, 7) is 5.76. The van der Waals surface area contributed by atoms with Crippen molar-refractivity contribution in [2.75, 3.05) is 7.11 Å². The zero-order valence-electron chi connectivity index (χ0n) is 20.8. The molecular weight excluding hydrogens is 437 g/mol. The van der Waals surface area contributed by atoms with E-state index in [1.165, 1.54) is 19.2 Å². The predicted molar refractivity (Wildman–Crippen MR) is 127 cm³/mol. The molecule has 7 heteroatoms. The minimum absolute atomic E-state index is 0.0535. The standard InChI is InChI=1S/C27H38FNO5/c1-17(2)13-21(16-25(31)18(3)14-19-9-11-22(28)12-10-19)26(32)29-23(27(33)34-4)15-20-7-5-6-8-24(20)30/h9-12,17-18,20-21,23H,5-8,13-16H2,1-4H3,(H,29,32)/t18-,20-,21+,23-/m0/s1. The number of hydrogen-bond donors (Lipinski definition) is 1. The van der Waals surface area contributed by atoms with Crippen LogP contribution < -0.4 is 5.32 Å². The van der Waals surface area contributed by atoms with Gasteiger partial charge in [0.2, 0.25) is 5.91 Å². The first-order valence-corrected chi connectivity index (χ1v) is 12.3. The van der Waals surface area contributed by atoms with Crippen LogP contribution >= 0.6 is 0 Å². The zero-order chi connectivity index (χ0) is 25.3. The Bertz CT molecular complexity index is 851. The molecule has 1 aliphatic carbocycles. The summed E-state index contributed by atoms with van der Waals surface area (Å²) in [4.78, 5) is 50.8. The first-order valence-electron chi connectivity index (χ1n) is 12.3. The zero-order valence-corrected chi connectivity index (χ0v) is 20.8. The Morgan fingerprint density at radius 2 is 1.79 bits per heavy atom. The first kappa shape index (κ1) is 27.7. The summed E-state index contributed by atoms with van der Waals surface area (Å²) in [6, 6.07) is 5.14. The van der Waals surface area contributed by atoms with E-state index in [0.717, 1.165) is 18.4 Å². The van der Waals surface area contributed by atoms with E-state index in [9.17, 15) is 23.6 Å². The Hall–Kier alpha value is -2.57. The van der Waals surface area contributed by atoms with Crippen LogP contribution in [0.3, 0.4) is 0 Å². The number of rotatable bonds is 12. The second-order valence-corrected chi connectivity index (χ2v) is 9.96. The number of carbonyl (C=O) groups excluding carboxylic acids is 4. The van der Waals surface area contributed by atoms with Crippen molar-refractivity contribution in [1.82, 2.24) is 5.32 Å². The van der Waals surface area contributed by atoms with E-state index in [1.807, 2.05) is 20.8 Å². The van der Waals surface area contributed by atoms with Crippen molar-refractivity contribution in [3.63, 3.8) is 0 Å². The number of carbonyl (C=O) groups is 4. The van der Waals surface area contributed by atoms with Gasteiger partial charge in [-0.15, -0.1) is 0 Å². The number of Topliss-reactive ketones (excluding diaryl/α,β-unsaturated/α-hetero) is 2. The average molecular weight is 476 g/mol. The number of methoxy groups -OCH3 is 1. The largest absolute Gasteiger partial charge is 0.467 e. The van der Waals surface area contributed by atoms with E-state index >= 15 is 0 Å². The van der Waals surface area contributed by atoms with Crippen LogP contribution in [-0.2, 0) is 30.3 Å². The van der Waals surface area contributed by atoms with Crippen LogP contribution in [0.4, 0.5) is 4.39 Å². The van der Waals surface area contributed by atoms with Crippen molar-refractivity contribution in [2.24, 2.45) is 23.7 Å². The lowest BCUT2D eigenvalue weighted by Gasteiger charge is -2.27. The van der Waals surface area contributed by atoms with Crippen LogP contribution in [0, 0.1) is 29.5 Å².